The first-order valence-corrected chi connectivity index (χ1v) is 14.0. The first kappa shape index (κ1) is 23.1. The van der Waals surface area contributed by atoms with Gasteiger partial charge in [-0.2, -0.15) is 0 Å². The molecule has 0 aliphatic carbocycles. The van der Waals surface area contributed by atoms with Crippen LogP contribution in [0.4, 0.5) is 0 Å². The molecule has 0 unspecified atom stereocenters. The molecular weight excluding hydrogens is 396 g/mol. The zero-order valence-electron chi connectivity index (χ0n) is 19.3. The zero-order valence-corrected chi connectivity index (χ0v) is 21.1. The molecule has 0 saturated carbocycles. The molecule has 0 bridgehead atoms. The average Bonchev–Trinajstić information content (AvgIpc) is 3.04. The summed E-state index contributed by atoms with van der Waals surface area (Å²) in [5.41, 5.74) is 2.46. The third-order valence-electron chi connectivity index (χ3n) is 5.13. The van der Waals surface area contributed by atoms with Crippen LogP contribution < -0.4 is 10.2 Å². The van der Waals surface area contributed by atoms with Crippen molar-refractivity contribution in [1.29, 1.82) is 0 Å². The van der Waals surface area contributed by atoms with Crippen LogP contribution in [0, 0.1) is 0 Å². The van der Waals surface area contributed by atoms with E-state index in [2.05, 4.69) is 105 Å². The monoisotopic (exact) mass is 435 g/mol. The van der Waals surface area contributed by atoms with Crippen LogP contribution in [0.15, 0.2) is 35.1 Å². The summed E-state index contributed by atoms with van der Waals surface area (Å²) in [6.45, 7) is 20.6. The van der Waals surface area contributed by atoms with Crippen LogP contribution in [0.3, 0.4) is 0 Å². The van der Waals surface area contributed by atoms with E-state index >= 15 is 0 Å². The first-order chi connectivity index (χ1) is 13.7. The fourth-order valence-electron chi connectivity index (χ4n) is 4.06. The van der Waals surface area contributed by atoms with Gasteiger partial charge in [0.05, 0.1) is 19.0 Å². The van der Waals surface area contributed by atoms with Crippen molar-refractivity contribution in [3.05, 3.63) is 35.9 Å². The minimum atomic E-state index is -1.97. The smallest absolute Gasteiger partial charge is 0.133 e. The van der Waals surface area contributed by atoms with Gasteiger partial charge in [0.15, 0.2) is 0 Å². The van der Waals surface area contributed by atoms with Gasteiger partial charge in [-0.1, -0.05) is 30.3 Å². The van der Waals surface area contributed by atoms with Crippen LogP contribution in [0.2, 0.25) is 0 Å². The van der Waals surface area contributed by atoms with Crippen molar-refractivity contribution in [2.24, 2.45) is 4.76 Å². The fraction of sp³-hybridized carbons (Fsp3) is 0.636. The molecule has 1 aromatic carbocycles. The Morgan fingerprint density at radius 3 is 1.72 bits per heavy atom. The van der Waals surface area contributed by atoms with Crippen molar-refractivity contribution in [1.82, 2.24) is 19.5 Å². The van der Waals surface area contributed by atoms with E-state index in [0.29, 0.717) is 24.2 Å². The van der Waals surface area contributed by atoms with Gasteiger partial charge in [-0.3, -0.25) is 19.5 Å². The van der Waals surface area contributed by atoms with Crippen molar-refractivity contribution < 1.29 is 0 Å². The van der Waals surface area contributed by atoms with E-state index in [-0.39, 0.29) is 0 Å². The zero-order chi connectivity index (χ0) is 21.3. The quantitative estimate of drug-likeness (QED) is 0.556. The Balaban J connectivity index is 2.18. The Labute approximate surface area is 179 Å². The van der Waals surface area contributed by atoms with E-state index in [1.807, 2.05) is 0 Å². The lowest BCUT2D eigenvalue weighted by molar-refractivity contribution is 0.390. The lowest BCUT2D eigenvalue weighted by Crippen LogP contribution is -2.44. The molecule has 2 aliphatic heterocycles. The van der Waals surface area contributed by atoms with Crippen molar-refractivity contribution in [2.45, 2.75) is 79.6 Å². The summed E-state index contributed by atoms with van der Waals surface area (Å²) in [5.74, 6) is 0. The first-order valence-electron chi connectivity index (χ1n) is 11.0. The predicted molar refractivity (Wildman–Crippen MR) is 132 cm³/mol. The topological polar surface area (TPSA) is 42.9 Å². The number of nitrogens with zero attached hydrogens (tertiary/aromatic N) is 3. The molecule has 162 valence electrons. The maximum atomic E-state index is 5.35. The maximum absolute atomic E-state index is 5.35. The molecule has 1 fully saturated rings. The molecule has 3 rings (SSSR count). The largest absolute Gasteiger partial charge is 0.265 e. The second kappa shape index (κ2) is 9.30. The van der Waals surface area contributed by atoms with Crippen molar-refractivity contribution >= 4 is 26.3 Å². The molecule has 5 nitrogen and oxygen atoms in total. The van der Waals surface area contributed by atoms with Crippen LogP contribution >= 0.6 is 15.6 Å². The van der Waals surface area contributed by atoms with E-state index in [1.165, 1.54) is 11.3 Å². The average molecular weight is 436 g/mol. The van der Waals surface area contributed by atoms with Gasteiger partial charge in [0, 0.05) is 42.8 Å². The van der Waals surface area contributed by atoms with E-state index in [0.717, 1.165) is 13.1 Å². The highest BCUT2D eigenvalue weighted by molar-refractivity contribution is 7.97. The summed E-state index contributed by atoms with van der Waals surface area (Å²) in [6, 6.07) is 12.6. The molecule has 7 heteroatoms. The summed E-state index contributed by atoms with van der Waals surface area (Å²) in [7, 11) is -2.53. The van der Waals surface area contributed by atoms with Gasteiger partial charge in [-0.05, 0) is 55.4 Å². The van der Waals surface area contributed by atoms with Crippen LogP contribution in [-0.2, 0) is 0 Å². The van der Waals surface area contributed by atoms with E-state index in [4.69, 9.17) is 4.76 Å². The number of hydrogen-bond donors (Lipinski definition) is 2. The third-order valence-corrected chi connectivity index (χ3v) is 12.5. The van der Waals surface area contributed by atoms with Gasteiger partial charge in [0.2, 0.25) is 0 Å². The van der Waals surface area contributed by atoms with E-state index in [1.54, 1.807) is 5.03 Å². The fourth-order valence-corrected chi connectivity index (χ4v) is 11.8. The minimum Gasteiger partial charge on any atom is -0.265 e. The van der Waals surface area contributed by atoms with Gasteiger partial charge >= 0.3 is 0 Å². The molecule has 2 aliphatic rings. The van der Waals surface area contributed by atoms with Gasteiger partial charge in [-0.25, -0.2) is 4.76 Å². The number of hydrogen-bond acceptors (Lipinski definition) is 5. The summed E-state index contributed by atoms with van der Waals surface area (Å²) in [4.78, 5) is 0. The normalized spacial score (nSPS) is 21.0. The number of rotatable bonds is 8. The third kappa shape index (κ3) is 4.71. The van der Waals surface area contributed by atoms with Crippen LogP contribution in [0.25, 0.3) is 0 Å². The molecule has 1 aromatic rings. The van der Waals surface area contributed by atoms with Crippen LogP contribution in [-0.4, -0.2) is 57.3 Å². The van der Waals surface area contributed by atoms with E-state index < -0.39 is 15.6 Å². The van der Waals surface area contributed by atoms with Crippen LogP contribution in [0.5, 0.6) is 0 Å². The van der Waals surface area contributed by atoms with Crippen LogP contribution in [0.1, 0.15) is 61.0 Å². The summed E-state index contributed by atoms with van der Waals surface area (Å²) in [6.07, 6.45) is 0. The second-order valence-electron chi connectivity index (χ2n) is 9.14. The molecule has 2 heterocycles. The Morgan fingerprint density at radius 2 is 1.31 bits per heavy atom. The lowest BCUT2D eigenvalue weighted by Gasteiger charge is -2.46. The Kier molecular flexibility index (Phi) is 7.42. The number of benzene rings is 1. The standard InChI is InChI=1S/C22H39N5P2/c1-16(2)23-29(24-17(3)4)22(21(25-29)20-12-10-9-11-13-20)28-26(18(5)6)14-15-27(28)19(7)8/h9-13,16-19H,14-15H2,1-8H3,(H2,23,24,25). The molecule has 0 atom stereocenters. The van der Waals surface area contributed by atoms with Gasteiger partial charge in [-0.15, -0.1) is 0 Å². The molecule has 0 spiro atoms. The molecule has 29 heavy (non-hydrogen) atoms. The SMILES string of the molecule is CC(C)NP1(NC(C)C)=C(P2N(C(C)C)CCN2C(C)C)C(c2ccccc2)=N1. The molecule has 0 radical (unpaired) electrons. The minimum absolute atomic E-state index is 0.378. The Morgan fingerprint density at radius 1 is 0.828 bits per heavy atom. The van der Waals surface area contributed by atoms with Crippen molar-refractivity contribution in [3.63, 3.8) is 0 Å². The van der Waals surface area contributed by atoms with Gasteiger partial charge in [0.1, 0.15) is 7.34 Å². The highest BCUT2D eigenvalue weighted by Gasteiger charge is 2.48. The Hall–Kier alpha value is -0.540. The highest BCUT2D eigenvalue weighted by Crippen LogP contribution is 2.65. The summed E-state index contributed by atoms with van der Waals surface area (Å²) >= 11 is 0. The van der Waals surface area contributed by atoms with Crippen molar-refractivity contribution in [2.75, 3.05) is 13.1 Å². The maximum Gasteiger partial charge on any atom is 0.133 e. The molecule has 0 aromatic heterocycles. The molecule has 1 saturated heterocycles. The predicted octanol–water partition coefficient (Wildman–Crippen LogP) is 5.12. The summed E-state index contributed by atoms with van der Waals surface area (Å²) in [5, 5.41) is 9.36. The second-order valence-corrected chi connectivity index (χ2v) is 14.0. The molecular formula is C22H39N5P2. The number of nitrogens with one attached hydrogen (secondary N) is 2. The highest BCUT2D eigenvalue weighted by atomic mass is 31.2. The van der Waals surface area contributed by atoms with Gasteiger partial charge in [0.25, 0.3) is 0 Å². The molecule has 2 N–H and O–H groups in total. The van der Waals surface area contributed by atoms with E-state index in [9.17, 15) is 0 Å². The lowest BCUT2D eigenvalue weighted by atomic mass is 10.1. The summed E-state index contributed by atoms with van der Waals surface area (Å²) < 4.78 is 10.8. The van der Waals surface area contributed by atoms with Gasteiger partial charge < -0.3 is 0 Å². The van der Waals surface area contributed by atoms with Crippen molar-refractivity contribution in [3.8, 4) is 0 Å². The Bertz CT molecular complexity index is 756. The molecule has 0 amide bonds.